The largest absolute Gasteiger partial charge is 0.507 e. The second kappa shape index (κ2) is 12.2. The van der Waals surface area contributed by atoms with Crippen LogP contribution in [0.5, 0.6) is 11.5 Å². The summed E-state index contributed by atoms with van der Waals surface area (Å²) in [6.07, 6.45) is 13.9. The number of benzene rings is 2. The molecule has 0 spiro atoms. The van der Waals surface area contributed by atoms with Crippen LogP contribution in [0.3, 0.4) is 0 Å². The zero-order chi connectivity index (χ0) is 20.2. The highest BCUT2D eigenvalue weighted by atomic mass is 16.3. The first-order valence-corrected chi connectivity index (χ1v) is 10.8. The van der Waals surface area contributed by atoms with Gasteiger partial charge in [-0.3, -0.25) is 4.79 Å². The first-order chi connectivity index (χ1) is 13.6. The number of aryl methyl sites for hydroxylation is 1. The molecule has 2 aromatic rings. The molecule has 0 bridgehead atoms. The Bertz CT molecular complexity index is 736. The van der Waals surface area contributed by atoms with Crippen molar-refractivity contribution in [3.63, 3.8) is 0 Å². The van der Waals surface area contributed by atoms with E-state index >= 15 is 0 Å². The van der Waals surface area contributed by atoms with Crippen LogP contribution in [-0.2, 0) is 6.42 Å². The monoisotopic (exact) mass is 382 g/mol. The second-order valence-electron chi connectivity index (χ2n) is 7.63. The molecule has 3 heteroatoms. The minimum absolute atomic E-state index is 0.0159. The quantitative estimate of drug-likeness (QED) is 0.296. The molecule has 0 radical (unpaired) electrons. The van der Waals surface area contributed by atoms with Gasteiger partial charge in [-0.2, -0.15) is 0 Å². The van der Waals surface area contributed by atoms with Gasteiger partial charge in [-0.1, -0.05) is 82.9 Å². The zero-order valence-electron chi connectivity index (χ0n) is 17.1. The highest BCUT2D eigenvalue weighted by molar-refractivity contribution is 6.12. The van der Waals surface area contributed by atoms with Gasteiger partial charge in [-0.05, 0) is 42.7 Å². The lowest BCUT2D eigenvalue weighted by Gasteiger charge is -2.08. The van der Waals surface area contributed by atoms with E-state index in [4.69, 9.17) is 0 Å². The molecule has 0 amide bonds. The van der Waals surface area contributed by atoms with E-state index in [2.05, 4.69) is 6.92 Å². The number of aromatic hydroxyl groups is 2. The van der Waals surface area contributed by atoms with Crippen molar-refractivity contribution < 1.29 is 15.0 Å². The molecule has 0 saturated carbocycles. The Hall–Kier alpha value is -2.29. The van der Waals surface area contributed by atoms with Gasteiger partial charge in [0.1, 0.15) is 11.5 Å². The summed E-state index contributed by atoms with van der Waals surface area (Å²) in [5.41, 5.74) is 1.49. The van der Waals surface area contributed by atoms with Crippen LogP contribution in [0.15, 0.2) is 42.5 Å². The number of phenolic OH excluding ortho intramolecular Hbond substituents is 2. The van der Waals surface area contributed by atoms with Crippen molar-refractivity contribution in [1.82, 2.24) is 0 Å². The van der Waals surface area contributed by atoms with E-state index in [0.717, 1.165) is 18.4 Å². The van der Waals surface area contributed by atoms with Gasteiger partial charge in [-0.15, -0.1) is 0 Å². The summed E-state index contributed by atoms with van der Waals surface area (Å²) in [6.45, 7) is 2.25. The van der Waals surface area contributed by atoms with Crippen LogP contribution in [-0.4, -0.2) is 16.0 Å². The Kier molecular flexibility index (Phi) is 9.61. The summed E-state index contributed by atoms with van der Waals surface area (Å²) in [5.74, 6) is -0.444. The number of phenols is 2. The summed E-state index contributed by atoms with van der Waals surface area (Å²) in [7, 11) is 0. The Morgan fingerprint density at radius 2 is 1.29 bits per heavy atom. The Balaban J connectivity index is 1.73. The molecule has 0 fully saturated rings. The third-order valence-electron chi connectivity index (χ3n) is 5.27. The van der Waals surface area contributed by atoms with Gasteiger partial charge in [-0.25, -0.2) is 0 Å². The van der Waals surface area contributed by atoms with E-state index < -0.39 is 0 Å². The Labute approximate surface area is 169 Å². The number of rotatable bonds is 13. The second-order valence-corrected chi connectivity index (χ2v) is 7.63. The number of carbonyl (C=O) groups excluding carboxylic acids is 1. The maximum Gasteiger partial charge on any atom is 0.200 e. The predicted octanol–water partition coefficient (Wildman–Crippen LogP) is 6.79. The van der Waals surface area contributed by atoms with E-state index in [-0.39, 0.29) is 28.4 Å². The molecule has 2 aromatic carbocycles. The first kappa shape index (κ1) is 22.0. The summed E-state index contributed by atoms with van der Waals surface area (Å²) in [6, 6.07) is 11.7. The average molecular weight is 383 g/mol. The minimum atomic E-state index is -0.360. The number of unbranched alkanes of at least 4 members (excludes halogenated alkanes) is 9. The molecule has 0 aliphatic heterocycles. The minimum Gasteiger partial charge on any atom is -0.507 e. The maximum atomic E-state index is 12.5. The van der Waals surface area contributed by atoms with Gasteiger partial charge in [0.15, 0.2) is 5.78 Å². The lowest BCUT2D eigenvalue weighted by atomic mass is 9.98. The molecule has 0 atom stereocenters. The van der Waals surface area contributed by atoms with Gasteiger partial charge in [0.25, 0.3) is 0 Å². The van der Waals surface area contributed by atoms with Gasteiger partial charge in [0, 0.05) is 0 Å². The van der Waals surface area contributed by atoms with E-state index in [0.29, 0.717) is 0 Å². The maximum absolute atomic E-state index is 12.5. The van der Waals surface area contributed by atoms with Gasteiger partial charge < -0.3 is 10.2 Å². The molecule has 0 heterocycles. The predicted molar refractivity (Wildman–Crippen MR) is 115 cm³/mol. The lowest BCUT2D eigenvalue weighted by Crippen LogP contribution is -2.02. The van der Waals surface area contributed by atoms with Crippen molar-refractivity contribution in [2.45, 2.75) is 77.6 Å². The fraction of sp³-hybridized carbons (Fsp3) is 0.480. The number of hydrogen-bond donors (Lipinski definition) is 2. The molecule has 28 heavy (non-hydrogen) atoms. The van der Waals surface area contributed by atoms with Crippen LogP contribution in [0.2, 0.25) is 0 Å². The van der Waals surface area contributed by atoms with Crippen LogP contribution < -0.4 is 0 Å². The third-order valence-corrected chi connectivity index (χ3v) is 5.27. The van der Waals surface area contributed by atoms with Crippen molar-refractivity contribution in [1.29, 1.82) is 0 Å². The number of carbonyl (C=O) groups is 1. The third kappa shape index (κ3) is 7.03. The number of hydrogen-bond acceptors (Lipinski definition) is 3. The standard InChI is InChI=1S/C25H34O3/c1-2-3-4-5-6-7-8-9-10-11-14-20-17-18-22(24(27)19-20)25(28)21-15-12-13-16-23(21)26/h12-13,15-19,26-27H,2-11,14H2,1H3. The summed E-state index contributed by atoms with van der Waals surface area (Å²) < 4.78 is 0. The molecular weight excluding hydrogens is 348 g/mol. The summed E-state index contributed by atoms with van der Waals surface area (Å²) in [4.78, 5) is 12.5. The molecule has 0 aliphatic carbocycles. The summed E-state index contributed by atoms with van der Waals surface area (Å²) in [5, 5.41) is 20.1. The molecule has 2 rings (SSSR count). The van der Waals surface area contributed by atoms with Crippen LogP contribution in [0, 0.1) is 0 Å². The molecule has 152 valence electrons. The lowest BCUT2D eigenvalue weighted by molar-refractivity contribution is 0.103. The normalized spacial score (nSPS) is 10.9. The van der Waals surface area contributed by atoms with Crippen LogP contribution in [0.1, 0.15) is 92.6 Å². The fourth-order valence-corrected chi connectivity index (χ4v) is 3.55. The molecular formula is C25H34O3. The highest BCUT2D eigenvalue weighted by Gasteiger charge is 2.16. The van der Waals surface area contributed by atoms with Crippen LogP contribution in [0.4, 0.5) is 0 Å². The van der Waals surface area contributed by atoms with E-state index in [1.807, 2.05) is 6.07 Å². The van der Waals surface area contributed by atoms with Crippen molar-refractivity contribution >= 4 is 5.78 Å². The molecule has 0 unspecified atom stereocenters. The molecule has 3 nitrogen and oxygen atoms in total. The highest BCUT2D eigenvalue weighted by Crippen LogP contribution is 2.26. The number of ketones is 1. The van der Waals surface area contributed by atoms with Crippen molar-refractivity contribution in [3.8, 4) is 11.5 Å². The van der Waals surface area contributed by atoms with Crippen molar-refractivity contribution in [3.05, 3.63) is 59.2 Å². The van der Waals surface area contributed by atoms with Crippen LogP contribution >= 0.6 is 0 Å². The van der Waals surface area contributed by atoms with Crippen molar-refractivity contribution in [2.24, 2.45) is 0 Å². The van der Waals surface area contributed by atoms with E-state index in [9.17, 15) is 15.0 Å². The van der Waals surface area contributed by atoms with Gasteiger partial charge >= 0.3 is 0 Å². The molecule has 0 aliphatic rings. The average Bonchev–Trinajstić information content (AvgIpc) is 2.69. The molecule has 0 aromatic heterocycles. The SMILES string of the molecule is CCCCCCCCCCCCc1ccc(C(=O)c2ccccc2O)c(O)c1. The Morgan fingerprint density at radius 3 is 1.89 bits per heavy atom. The van der Waals surface area contributed by atoms with Gasteiger partial charge in [0.2, 0.25) is 0 Å². The van der Waals surface area contributed by atoms with E-state index in [1.54, 1.807) is 30.3 Å². The topological polar surface area (TPSA) is 57.5 Å². The first-order valence-electron chi connectivity index (χ1n) is 10.8. The fourth-order valence-electron chi connectivity index (χ4n) is 3.55. The molecule has 2 N–H and O–H groups in total. The van der Waals surface area contributed by atoms with Crippen LogP contribution in [0.25, 0.3) is 0 Å². The zero-order valence-corrected chi connectivity index (χ0v) is 17.1. The summed E-state index contributed by atoms with van der Waals surface area (Å²) >= 11 is 0. The van der Waals surface area contributed by atoms with E-state index in [1.165, 1.54) is 63.9 Å². The van der Waals surface area contributed by atoms with Crippen molar-refractivity contribution in [2.75, 3.05) is 0 Å². The smallest absolute Gasteiger partial charge is 0.200 e. The number of para-hydroxylation sites is 1. The van der Waals surface area contributed by atoms with Gasteiger partial charge in [0.05, 0.1) is 11.1 Å². The molecule has 0 saturated heterocycles. The Morgan fingerprint density at radius 1 is 0.714 bits per heavy atom.